The first kappa shape index (κ1) is 26.5. The molecular formula is C21H27N9O5S. The predicted octanol–water partition coefficient (Wildman–Crippen LogP) is -0.251. The zero-order chi connectivity index (χ0) is 26.5. The maximum Gasteiger partial charge on any atom is 0.329 e. The molecule has 15 heteroatoms. The van der Waals surface area contributed by atoms with Crippen LogP contribution in [0.3, 0.4) is 0 Å². The van der Waals surface area contributed by atoms with Gasteiger partial charge in [0.2, 0.25) is 16.0 Å². The number of ether oxygens (including phenoxy) is 1. The van der Waals surface area contributed by atoms with Gasteiger partial charge in [0, 0.05) is 25.3 Å². The highest BCUT2D eigenvalue weighted by atomic mass is 32.2. The van der Waals surface area contributed by atoms with E-state index in [1.807, 2.05) is 0 Å². The lowest BCUT2D eigenvalue weighted by atomic mass is 10.1. The van der Waals surface area contributed by atoms with E-state index in [0.717, 1.165) is 4.31 Å². The van der Waals surface area contributed by atoms with Crippen molar-refractivity contribution in [2.24, 2.45) is 0 Å². The number of carbonyl (C=O) groups is 2. The fourth-order valence-corrected chi connectivity index (χ4v) is 3.95. The zero-order valence-corrected chi connectivity index (χ0v) is 20.7. The largest absolute Gasteiger partial charge is 0.464 e. The summed E-state index contributed by atoms with van der Waals surface area (Å²) in [5.41, 5.74) is 13.5. The van der Waals surface area contributed by atoms with Crippen LogP contribution in [0.1, 0.15) is 23.0 Å². The van der Waals surface area contributed by atoms with Crippen LogP contribution >= 0.6 is 0 Å². The van der Waals surface area contributed by atoms with E-state index in [9.17, 15) is 18.0 Å². The molecule has 0 aliphatic heterocycles. The van der Waals surface area contributed by atoms with E-state index in [4.69, 9.17) is 16.2 Å². The molecule has 0 radical (unpaired) electrons. The van der Waals surface area contributed by atoms with Crippen LogP contribution in [0.25, 0.3) is 11.2 Å². The van der Waals surface area contributed by atoms with Crippen molar-refractivity contribution in [3.63, 3.8) is 0 Å². The highest BCUT2D eigenvalue weighted by Crippen LogP contribution is 2.16. The molecule has 3 aromatic rings. The molecule has 14 nitrogen and oxygen atoms in total. The average Bonchev–Trinajstić information content (AvgIpc) is 2.82. The van der Waals surface area contributed by atoms with Crippen LogP contribution in [0.5, 0.6) is 0 Å². The van der Waals surface area contributed by atoms with Gasteiger partial charge in [-0.3, -0.25) is 4.79 Å². The summed E-state index contributed by atoms with van der Waals surface area (Å²) in [5.74, 6) is -1.94. The van der Waals surface area contributed by atoms with Crippen molar-refractivity contribution < 1.29 is 22.7 Å². The average molecular weight is 518 g/mol. The van der Waals surface area contributed by atoms with Gasteiger partial charge in [0.1, 0.15) is 6.04 Å². The number of amides is 1. The van der Waals surface area contributed by atoms with Crippen molar-refractivity contribution in [2.75, 3.05) is 43.2 Å². The fraction of sp³-hybridized carbons (Fsp3) is 0.333. The molecule has 1 aromatic carbocycles. The van der Waals surface area contributed by atoms with Crippen molar-refractivity contribution in [3.05, 3.63) is 41.7 Å². The standard InChI is InChI=1S/C21H27N9O5S/c1-4-35-20(32)15(11-36(33,34)30(2)3)27-19(31)12-5-7-13(8-6-12)24-9-14-10-25-18-16(26-14)17(22)28-21(23)29-18/h5-8,10,15,24H,4,9,11H2,1-3H3,(H,27,31)(H4,22,23,25,28,29). The number of rotatable bonds is 10. The number of nitrogen functional groups attached to an aromatic ring is 2. The van der Waals surface area contributed by atoms with Crippen LogP contribution in [0, 0.1) is 0 Å². The third-order valence-corrected chi connectivity index (χ3v) is 6.80. The second kappa shape index (κ2) is 11.1. The Morgan fingerprint density at radius 3 is 2.44 bits per heavy atom. The molecule has 0 saturated carbocycles. The van der Waals surface area contributed by atoms with Gasteiger partial charge in [-0.05, 0) is 31.2 Å². The number of fused-ring (bicyclic) bond motifs is 1. The van der Waals surface area contributed by atoms with Gasteiger partial charge in [0.05, 0.1) is 30.8 Å². The number of esters is 1. The van der Waals surface area contributed by atoms with Gasteiger partial charge in [-0.1, -0.05) is 0 Å². The minimum atomic E-state index is -3.77. The summed E-state index contributed by atoms with van der Waals surface area (Å²) in [7, 11) is -1.09. The van der Waals surface area contributed by atoms with Crippen molar-refractivity contribution in [2.45, 2.75) is 19.5 Å². The summed E-state index contributed by atoms with van der Waals surface area (Å²) in [6.45, 7) is 1.93. The number of nitrogens with one attached hydrogen (secondary N) is 2. The minimum absolute atomic E-state index is 0.0113. The Morgan fingerprint density at radius 2 is 1.81 bits per heavy atom. The third kappa shape index (κ3) is 6.51. The number of nitrogens with zero attached hydrogens (tertiary/aromatic N) is 5. The maximum atomic E-state index is 12.7. The van der Waals surface area contributed by atoms with Crippen LogP contribution in [-0.2, 0) is 26.1 Å². The lowest BCUT2D eigenvalue weighted by Gasteiger charge is -2.19. The first-order chi connectivity index (χ1) is 17.0. The Balaban J connectivity index is 1.66. The first-order valence-electron chi connectivity index (χ1n) is 10.8. The van der Waals surface area contributed by atoms with Gasteiger partial charge < -0.3 is 26.8 Å². The zero-order valence-electron chi connectivity index (χ0n) is 19.9. The van der Waals surface area contributed by atoms with Crippen molar-refractivity contribution in [1.29, 1.82) is 0 Å². The van der Waals surface area contributed by atoms with Crippen molar-refractivity contribution in [1.82, 2.24) is 29.6 Å². The Labute approximate surface area is 207 Å². The molecule has 6 N–H and O–H groups in total. The van der Waals surface area contributed by atoms with Crippen molar-refractivity contribution in [3.8, 4) is 0 Å². The fourth-order valence-electron chi connectivity index (χ4n) is 3.01. The van der Waals surface area contributed by atoms with Crippen LogP contribution in [-0.4, -0.2) is 77.0 Å². The second-order valence-corrected chi connectivity index (χ2v) is 10.00. The monoisotopic (exact) mass is 517 g/mol. The minimum Gasteiger partial charge on any atom is -0.464 e. The van der Waals surface area contributed by atoms with E-state index in [-0.39, 0.29) is 23.9 Å². The molecule has 2 heterocycles. The smallest absolute Gasteiger partial charge is 0.329 e. The summed E-state index contributed by atoms with van der Waals surface area (Å²) < 4.78 is 30.4. The van der Waals surface area contributed by atoms with Crippen LogP contribution in [0.15, 0.2) is 30.5 Å². The summed E-state index contributed by atoms with van der Waals surface area (Å²) in [5, 5.41) is 5.58. The lowest BCUT2D eigenvalue weighted by Crippen LogP contribution is -2.48. The number of benzene rings is 1. The Bertz CT molecular complexity index is 1360. The molecule has 3 rings (SSSR count). The highest BCUT2D eigenvalue weighted by molar-refractivity contribution is 7.89. The van der Waals surface area contributed by atoms with E-state index in [0.29, 0.717) is 29.1 Å². The molecule has 192 valence electrons. The van der Waals surface area contributed by atoms with E-state index >= 15 is 0 Å². The SMILES string of the molecule is CCOC(=O)C(CS(=O)(=O)N(C)C)NC(=O)c1ccc(NCc2cnc3nc(N)nc(N)c3n2)cc1. The second-order valence-electron chi connectivity index (χ2n) is 7.77. The topological polar surface area (TPSA) is 208 Å². The number of anilines is 3. The molecule has 2 aromatic heterocycles. The predicted molar refractivity (Wildman–Crippen MR) is 133 cm³/mol. The van der Waals surface area contributed by atoms with E-state index < -0.39 is 33.7 Å². The van der Waals surface area contributed by atoms with Crippen molar-refractivity contribution >= 4 is 50.5 Å². The quantitative estimate of drug-likeness (QED) is 0.257. The van der Waals surface area contributed by atoms with E-state index in [1.54, 1.807) is 19.1 Å². The van der Waals surface area contributed by atoms with Gasteiger partial charge in [-0.15, -0.1) is 0 Å². The first-order valence-corrected chi connectivity index (χ1v) is 12.4. The molecule has 1 amide bonds. The van der Waals surface area contributed by atoms with Gasteiger partial charge >= 0.3 is 5.97 Å². The number of aromatic nitrogens is 4. The van der Waals surface area contributed by atoms with E-state index in [2.05, 4.69) is 30.6 Å². The number of sulfonamides is 1. The number of hydrogen-bond acceptors (Lipinski definition) is 12. The summed E-state index contributed by atoms with van der Waals surface area (Å²) in [6.07, 6.45) is 1.53. The van der Waals surface area contributed by atoms with Gasteiger partial charge in [0.15, 0.2) is 17.0 Å². The molecule has 0 bridgehead atoms. The molecule has 36 heavy (non-hydrogen) atoms. The molecule has 0 aliphatic carbocycles. The lowest BCUT2D eigenvalue weighted by molar-refractivity contribution is -0.144. The molecular weight excluding hydrogens is 490 g/mol. The van der Waals surface area contributed by atoms with Crippen LogP contribution in [0.2, 0.25) is 0 Å². The highest BCUT2D eigenvalue weighted by Gasteiger charge is 2.30. The molecule has 1 atom stereocenters. The number of carbonyl (C=O) groups excluding carboxylic acids is 2. The molecule has 0 spiro atoms. The Morgan fingerprint density at radius 1 is 1.11 bits per heavy atom. The molecule has 0 saturated heterocycles. The molecule has 1 unspecified atom stereocenters. The number of hydrogen-bond donors (Lipinski definition) is 4. The van der Waals surface area contributed by atoms with E-state index in [1.165, 1.54) is 32.4 Å². The molecule has 0 fully saturated rings. The van der Waals surface area contributed by atoms with Gasteiger partial charge in [0.25, 0.3) is 5.91 Å². The Hall–Kier alpha value is -4.11. The summed E-state index contributed by atoms with van der Waals surface area (Å²) in [4.78, 5) is 41.4. The van der Waals surface area contributed by atoms with Gasteiger partial charge in [-0.2, -0.15) is 9.97 Å². The van der Waals surface area contributed by atoms with Gasteiger partial charge in [-0.25, -0.2) is 27.5 Å². The normalized spacial score (nSPS) is 12.3. The Kier molecular flexibility index (Phi) is 8.16. The molecule has 0 aliphatic rings. The summed E-state index contributed by atoms with van der Waals surface area (Å²) in [6, 6.07) is 5.00. The van der Waals surface area contributed by atoms with Crippen LogP contribution in [0.4, 0.5) is 17.5 Å². The maximum absolute atomic E-state index is 12.7. The third-order valence-electron chi connectivity index (χ3n) is 4.93. The number of nitrogens with two attached hydrogens (primary N) is 2. The summed E-state index contributed by atoms with van der Waals surface area (Å²) >= 11 is 0. The van der Waals surface area contributed by atoms with Crippen LogP contribution < -0.4 is 22.1 Å².